The van der Waals surface area contributed by atoms with Gasteiger partial charge in [-0.25, -0.2) is 0 Å². The minimum Gasteiger partial charge on any atom is -0.391 e. The molecule has 0 aliphatic carbocycles. The lowest BCUT2D eigenvalue weighted by Gasteiger charge is -2.29. The Labute approximate surface area is 101 Å². The van der Waals surface area contributed by atoms with Crippen molar-refractivity contribution in [3.63, 3.8) is 0 Å². The van der Waals surface area contributed by atoms with Gasteiger partial charge >= 0.3 is 0 Å². The van der Waals surface area contributed by atoms with E-state index < -0.39 is 0 Å². The zero-order valence-corrected chi connectivity index (χ0v) is 10.7. The molecular weight excluding hydrogens is 216 g/mol. The number of aromatic nitrogens is 1. The van der Waals surface area contributed by atoms with Crippen molar-refractivity contribution in [2.24, 2.45) is 0 Å². The third kappa shape index (κ3) is 2.15. The Morgan fingerprint density at radius 2 is 2.18 bits per heavy atom. The smallest absolute Gasteiger partial charge is 0.256 e. The molecule has 0 bridgehead atoms. The number of pyridine rings is 1. The zero-order valence-electron chi connectivity index (χ0n) is 10.7. The molecule has 4 nitrogen and oxygen atoms in total. The molecule has 0 radical (unpaired) electrons. The van der Waals surface area contributed by atoms with Crippen molar-refractivity contribution in [3.05, 3.63) is 33.2 Å². The molecule has 1 aromatic rings. The number of nitrogens with zero attached hydrogens (tertiary/aromatic N) is 2. The minimum absolute atomic E-state index is 0.0363. The van der Waals surface area contributed by atoms with E-state index in [-0.39, 0.29) is 18.2 Å². The maximum absolute atomic E-state index is 12.2. The highest BCUT2D eigenvalue weighted by Crippen LogP contribution is 2.20. The van der Waals surface area contributed by atoms with Crippen molar-refractivity contribution >= 4 is 0 Å². The van der Waals surface area contributed by atoms with Crippen LogP contribution in [0.1, 0.15) is 36.7 Å². The van der Waals surface area contributed by atoms with Crippen molar-refractivity contribution in [2.45, 2.75) is 39.5 Å². The molecule has 1 N–H and O–H groups in total. The monoisotopic (exact) mass is 236 g/mol. The molecule has 0 saturated heterocycles. The van der Waals surface area contributed by atoms with Crippen molar-refractivity contribution in [1.82, 2.24) is 9.47 Å². The lowest BCUT2D eigenvalue weighted by molar-refractivity contribution is 0.273. The van der Waals surface area contributed by atoms with Gasteiger partial charge in [0.15, 0.2) is 0 Å². The molecule has 17 heavy (non-hydrogen) atoms. The SMILES string of the molecule is CC(C)n1c2c(cc(CO)c1=O)CN(C)CC2. The quantitative estimate of drug-likeness (QED) is 0.830. The number of rotatable bonds is 2. The van der Waals surface area contributed by atoms with E-state index in [1.165, 1.54) is 5.56 Å². The molecule has 0 fully saturated rings. The van der Waals surface area contributed by atoms with Crippen molar-refractivity contribution in [2.75, 3.05) is 13.6 Å². The molecule has 2 heterocycles. The lowest BCUT2D eigenvalue weighted by atomic mass is 10.0. The van der Waals surface area contributed by atoms with Gasteiger partial charge in [-0.1, -0.05) is 0 Å². The van der Waals surface area contributed by atoms with Gasteiger partial charge in [-0.3, -0.25) is 4.79 Å². The molecule has 4 heteroatoms. The van der Waals surface area contributed by atoms with Crippen LogP contribution in [0.5, 0.6) is 0 Å². The third-order valence-electron chi connectivity index (χ3n) is 3.36. The summed E-state index contributed by atoms with van der Waals surface area (Å²) in [4.78, 5) is 14.4. The summed E-state index contributed by atoms with van der Waals surface area (Å²) in [7, 11) is 2.08. The van der Waals surface area contributed by atoms with Gasteiger partial charge in [-0.15, -0.1) is 0 Å². The van der Waals surface area contributed by atoms with Crippen molar-refractivity contribution in [1.29, 1.82) is 0 Å². The average Bonchev–Trinajstić information content (AvgIpc) is 2.28. The second-order valence-corrected chi connectivity index (χ2v) is 5.06. The fourth-order valence-electron chi connectivity index (χ4n) is 2.53. The summed E-state index contributed by atoms with van der Waals surface area (Å²) in [5.74, 6) is 0. The Hall–Kier alpha value is -1.13. The Morgan fingerprint density at radius 1 is 1.47 bits per heavy atom. The largest absolute Gasteiger partial charge is 0.391 e. The summed E-state index contributed by atoms with van der Waals surface area (Å²) in [5.41, 5.74) is 2.79. The highest BCUT2D eigenvalue weighted by molar-refractivity contribution is 5.29. The number of aliphatic hydroxyl groups excluding tert-OH is 1. The van der Waals surface area contributed by atoms with Gasteiger partial charge in [-0.05, 0) is 32.5 Å². The van der Waals surface area contributed by atoms with Crippen LogP contribution in [0.4, 0.5) is 0 Å². The first-order valence-electron chi connectivity index (χ1n) is 6.10. The predicted molar refractivity (Wildman–Crippen MR) is 67.0 cm³/mol. The van der Waals surface area contributed by atoms with Gasteiger partial charge in [0, 0.05) is 36.8 Å². The first kappa shape index (κ1) is 12.3. The molecule has 0 aromatic carbocycles. The first-order chi connectivity index (χ1) is 8.04. The third-order valence-corrected chi connectivity index (χ3v) is 3.36. The Bertz CT molecular complexity index is 477. The van der Waals surface area contributed by atoms with E-state index in [2.05, 4.69) is 11.9 Å². The lowest BCUT2D eigenvalue weighted by Crippen LogP contribution is -2.36. The van der Waals surface area contributed by atoms with Gasteiger partial charge in [0.25, 0.3) is 5.56 Å². The Morgan fingerprint density at radius 3 is 2.76 bits per heavy atom. The second kappa shape index (κ2) is 4.63. The van der Waals surface area contributed by atoms with Crippen LogP contribution in [0, 0.1) is 0 Å². The zero-order chi connectivity index (χ0) is 12.6. The van der Waals surface area contributed by atoms with Gasteiger partial charge in [0.05, 0.1) is 6.61 Å². The topological polar surface area (TPSA) is 45.5 Å². The van der Waals surface area contributed by atoms with E-state index >= 15 is 0 Å². The maximum atomic E-state index is 12.2. The van der Waals surface area contributed by atoms with Crippen LogP contribution in [0.15, 0.2) is 10.9 Å². The van der Waals surface area contributed by atoms with Gasteiger partial charge < -0.3 is 14.6 Å². The van der Waals surface area contributed by atoms with E-state index in [9.17, 15) is 9.90 Å². The molecule has 1 aromatic heterocycles. The summed E-state index contributed by atoms with van der Waals surface area (Å²) in [6.45, 7) is 5.69. The number of fused-ring (bicyclic) bond motifs is 1. The van der Waals surface area contributed by atoms with Crippen LogP contribution >= 0.6 is 0 Å². The average molecular weight is 236 g/mol. The van der Waals surface area contributed by atoms with Gasteiger partial charge in [0.1, 0.15) is 0 Å². The number of hydrogen-bond acceptors (Lipinski definition) is 3. The minimum atomic E-state index is -0.178. The van der Waals surface area contributed by atoms with Gasteiger partial charge in [0.2, 0.25) is 0 Å². The van der Waals surface area contributed by atoms with Crippen molar-refractivity contribution < 1.29 is 5.11 Å². The highest BCUT2D eigenvalue weighted by atomic mass is 16.3. The fourth-order valence-corrected chi connectivity index (χ4v) is 2.53. The van der Waals surface area contributed by atoms with Crippen LogP contribution in [0.25, 0.3) is 0 Å². The molecule has 0 unspecified atom stereocenters. The fraction of sp³-hybridized carbons (Fsp3) is 0.615. The summed E-state index contributed by atoms with van der Waals surface area (Å²) in [6.07, 6.45) is 0.908. The van der Waals surface area contributed by atoms with Crippen LogP contribution in [-0.2, 0) is 19.6 Å². The molecule has 0 atom stereocenters. The van der Waals surface area contributed by atoms with Gasteiger partial charge in [-0.2, -0.15) is 0 Å². The molecule has 2 rings (SSSR count). The van der Waals surface area contributed by atoms with E-state index in [4.69, 9.17) is 0 Å². The molecule has 94 valence electrons. The van der Waals surface area contributed by atoms with Crippen LogP contribution in [0.2, 0.25) is 0 Å². The number of likely N-dealkylation sites (N-methyl/N-ethyl adjacent to an activating group) is 1. The summed E-state index contributed by atoms with van der Waals surface area (Å²) in [5, 5.41) is 9.27. The molecule has 1 aliphatic heterocycles. The molecular formula is C13H20N2O2. The summed E-state index contributed by atoms with van der Waals surface area (Å²) in [6, 6.07) is 2.01. The molecule has 0 spiro atoms. The standard InChI is InChI=1S/C13H20N2O2/c1-9(2)15-12-4-5-14(3)7-10(12)6-11(8-16)13(15)17/h6,9,16H,4-5,7-8H2,1-3H3. The normalized spacial score (nSPS) is 16.3. The maximum Gasteiger partial charge on any atom is 0.256 e. The Balaban J connectivity index is 2.64. The highest BCUT2D eigenvalue weighted by Gasteiger charge is 2.20. The van der Waals surface area contributed by atoms with E-state index in [0.717, 1.165) is 25.2 Å². The molecule has 0 amide bonds. The molecule has 1 aliphatic rings. The van der Waals surface area contributed by atoms with E-state index in [0.29, 0.717) is 5.56 Å². The predicted octanol–water partition coefficient (Wildman–Crippen LogP) is 0.909. The van der Waals surface area contributed by atoms with E-state index in [1.807, 2.05) is 24.5 Å². The Kier molecular flexibility index (Phi) is 3.35. The number of hydrogen-bond donors (Lipinski definition) is 1. The summed E-state index contributed by atoms with van der Waals surface area (Å²) < 4.78 is 1.84. The van der Waals surface area contributed by atoms with Crippen LogP contribution in [-0.4, -0.2) is 28.2 Å². The van der Waals surface area contributed by atoms with Crippen LogP contribution in [0.3, 0.4) is 0 Å². The van der Waals surface area contributed by atoms with Crippen molar-refractivity contribution in [3.8, 4) is 0 Å². The summed E-state index contributed by atoms with van der Waals surface area (Å²) >= 11 is 0. The van der Waals surface area contributed by atoms with Crippen LogP contribution < -0.4 is 5.56 Å². The second-order valence-electron chi connectivity index (χ2n) is 5.06. The first-order valence-corrected chi connectivity index (χ1v) is 6.10. The molecule has 0 saturated carbocycles. The van der Waals surface area contributed by atoms with E-state index in [1.54, 1.807) is 0 Å². The number of aliphatic hydroxyl groups is 1.